The van der Waals surface area contributed by atoms with Gasteiger partial charge in [0, 0.05) is 29.4 Å². The van der Waals surface area contributed by atoms with Crippen LogP contribution < -0.4 is 4.74 Å². The van der Waals surface area contributed by atoms with E-state index < -0.39 is 0 Å². The van der Waals surface area contributed by atoms with Crippen LogP contribution in [0.3, 0.4) is 0 Å². The zero-order valence-electron chi connectivity index (χ0n) is 15.0. The van der Waals surface area contributed by atoms with Crippen LogP contribution in [0.4, 0.5) is 4.39 Å². The molecule has 1 aliphatic heterocycles. The van der Waals surface area contributed by atoms with Gasteiger partial charge in [0.1, 0.15) is 11.6 Å². The monoisotopic (exact) mass is 365 g/mol. The Morgan fingerprint density at radius 3 is 2.78 bits per heavy atom. The Labute approximate surface area is 156 Å². The Balaban J connectivity index is 1.63. The molecule has 1 saturated heterocycles. The lowest BCUT2D eigenvalue weighted by Crippen LogP contribution is -2.30. The molecule has 1 atom stereocenters. The van der Waals surface area contributed by atoms with Gasteiger partial charge in [0.2, 0.25) is 0 Å². The highest BCUT2D eigenvalue weighted by molar-refractivity contribution is 5.96. The highest BCUT2D eigenvalue weighted by atomic mass is 19.1. The first kappa shape index (κ1) is 17.3. The van der Waals surface area contributed by atoms with Gasteiger partial charge in [-0.25, -0.2) is 4.39 Å². The van der Waals surface area contributed by atoms with Crippen molar-refractivity contribution >= 4 is 5.91 Å². The van der Waals surface area contributed by atoms with Crippen molar-refractivity contribution in [3.8, 4) is 16.9 Å². The molecule has 2 aromatic carbocycles. The number of methoxy groups -OCH3 is 1. The molecule has 1 fully saturated rings. The second kappa shape index (κ2) is 7.23. The maximum absolute atomic E-state index is 13.2. The first-order valence-electron chi connectivity index (χ1n) is 8.91. The van der Waals surface area contributed by atoms with Crippen molar-refractivity contribution in [1.82, 2.24) is 15.1 Å². The molecule has 0 spiro atoms. The molecule has 1 N–H and O–H groups in total. The third-order valence-corrected chi connectivity index (χ3v) is 5.03. The molecule has 4 rings (SSSR count). The van der Waals surface area contributed by atoms with E-state index in [0.29, 0.717) is 17.9 Å². The number of H-pyrrole nitrogens is 1. The van der Waals surface area contributed by atoms with Crippen LogP contribution in [-0.4, -0.2) is 34.7 Å². The largest absolute Gasteiger partial charge is 0.496 e. The lowest BCUT2D eigenvalue weighted by atomic mass is 10.0. The van der Waals surface area contributed by atoms with Crippen molar-refractivity contribution in [3.05, 3.63) is 71.8 Å². The number of nitrogens with zero attached hydrogens (tertiary/aromatic N) is 2. The molecule has 1 unspecified atom stereocenters. The van der Waals surface area contributed by atoms with Crippen LogP contribution in [0, 0.1) is 5.82 Å². The molecule has 2 heterocycles. The number of hydrogen-bond acceptors (Lipinski definition) is 3. The average Bonchev–Trinajstić information content (AvgIpc) is 3.39. The smallest absolute Gasteiger partial charge is 0.254 e. The van der Waals surface area contributed by atoms with Crippen molar-refractivity contribution in [2.45, 2.75) is 18.9 Å². The molecule has 138 valence electrons. The van der Waals surface area contributed by atoms with Gasteiger partial charge in [0.15, 0.2) is 0 Å². The van der Waals surface area contributed by atoms with Crippen LogP contribution >= 0.6 is 0 Å². The number of benzene rings is 2. The summed E-state index contributed by atoms with van der Waals surface area (Å²) in [7, 11) is 1.59. The van der Waals surface area contributed by atoms with Crippen LogP contribution in [0.15, 0.2) is 54.9 Å². The normalized spacial score (nSPS) is 16.5. The number of carbonyl (C=O) groups excluding carboxylic acids is 1. The Morgan fingerprint density at radius 2 is 2.07 bits per heavy atom. The van der Waals surface area contributed by atoms with Gasteiger partial charge in [0.05, 0.1) is 19.3 Å². The zero-order valence-corrected chi connectivity index (χ0v) is 15.0. The maximum atomic E-state index is 13.2. The van der Waals surface area contributed by atoms with Gasteiger partial charge in [-0.2, -0.15) is 5.10 Å². The highest BCUT2D eigenvalue weighted by Gasteiger charge is 2.31. The maximum Gasteiger partial charge on any atom is 0.254 e. The van der Waals surface area contributed by atoms with E-state index >= 15 is 0 Å². The second-order valence-corrected chi connectivity index (χ2v) is 6.61. The molecular weight excluding hydrogens is 345 g/mol. The van der Waals surface area contributed by atoms with E-state index in [-0.39, 0.29) is 17.8 Å². The number of ether oxygens (including phenoxy) is 1. The molecule has 0 radical (unpaired) electrons. The number of rotatable bonds is 4. The quantitative estimate of drug-likeness (QED) is 0.754. The number of carbonyl (C=O) groups is 1. The molecule has 1 aliphatic rings. The summed E-state index contributed by atoms with van der Waals surface area (Å²) in [6, 6.07) is 11.8. The standard InChI is InChI=1S/C21H20FN3O2/c1-27-20-11-15(6-9-18(20)16-12-23-24-13-16)21(26)25-10-2-3-19(25)14-4-7-17(22)8-5-14/h4-9,11-13,19H,2-3,10H2,1H3,(H,23,24). The molecule has 6 heteroatoms. The van der Waals surface area contributed by atoms with Crippen molar-refractivity contribution in [2.75, 3.05) is 13.7 Å². The summed E-state index contributed by atoms with van der Waals surface area (Å²) in [6.07, 6.45) is 5.30. The number of hydrogen-bond donors (Lipinski definition) is 1. The van der Waals surface area contributed by atoms with Crippen molar-refractivity contribution in [1.29, 1.82) is 0 Å². The van der Waals surface area contributed by atoms with Crippen molar-refractivity contribution in [2.24, 2.45) is 0 Å². The summed E-state index contributed by atoms with van der Waals surface area (Å²) in [6.45, 7) is 0.687. The molecule has 5 nitrogen and oxygen atoms in total. The van der Waals surface area contributed by atoms with Crippen LogP contribution in [0.5, 0.6) is 5.75 Å². The van der Waals surface area contributed by atoms with Crippen molar-refractivity contribution < 1.29 is 13.9 Å². The minimum absolute atomic E-state index is 0.0300. The van der Waals surface area contributed by atoms with E-state index in [9.17, 15) is 9.18 Å². The lowest BCUT2D eigenvalue weighted by Gasteiger charge is -2.25. The Hall–Kier alpha value is -3.15. The Bertz CT molecular complexity index is 939. The van der Waals surface area contributed by atoms with E-state index in [4.69, 9.17) is 4.74 Å². The molecular formula is C21H20FN3O2. The van der Waals surface area contributed by atoms with E-state index in [1.54, 1.807) is 37.7 Å². The van der Waals surface area contributed by atoms with Gasteiger partial charge in [0.25, 0.3) is 5.91 Å². The summed E-state index contributed by atoms with van der Waals surface area (Å²) >= 11 is 0. The fourth-order valence-electron chi connectivity index (χ4n) is 3.67. The van der Waals surface area contributed by atoms with Gasteiger partial charge < -0.3 is 9.64 Å². The average molecular weight is 365 g/mol. The summed E-state index contributed by atoms with van der Waals surface area (Å²) in [4.78, 5) is 15.0. The van der Waals surface area contributed by atoms with E-state index in [2.05, 4.69) is 10.2 Å². The topological polar surface area (TPSA) is 58.2 Å². The first-order valence-corrected chi connectivity index (χ1v) is 8.91. The van der Waals surface area contributed by atoms with Gasteiger partial charge >= 0.3 is 0 Å². The van der Waals surface area contributed by atoms with E-state index in [0.717, 1.165) is 29.5 Å². The number of amides is 1. The Morgan fingerprint density at radius 1 is 1.26 bits per heavy atom. The minimum atomic E-state index is -0.269. The number of aromatic amines is 1. The fourth-order valence-corrected chi connectivity index (χ4v) is 3.67. The van der Waals surface area contributed by atoms with Crippen molar-refractivity contribution in [3.63, 3.8) is 0 Å². The number of likely N-dealkylation sites (tertiary alicyclic amines) is 1. The summed E-state index contributed by atoms with van der Waals surface area (Å²) in [5, 5.41) is 6.74. The molecule has 0 aliphatic carbocycles. The van der Waals surface area contributed by atoms with Gasteiger partial charge in [-0.3, -0.25) is 9.89 Å². The molecule has 0 saturated carbocycles. The minimum Gasteiger partial charge on any atom is -0.496 e. The number of halogens is 1. The SMILES string of the molecule is COc1cc(C(=O)N2CCCC2c2ccc(F)cc2)ccc1-c1cn[nH]c1. The number of nitrogens with one attached hydrogen (secondary N) is 1. The molecule has 27 heavy (non-hydrogen) atoms. The predicted octanol–water partition coefficient (Wildman–Crippen LogP) is 4.20. The number of aromatic nitrogens is 2. The molecule has 0 bridgehead atoms. The van der Waals surface area contributed by atoms with Crippen LogP contribution in [0.2, 0.25) is 0 Å². The van der Waals surface area contributed by atoms with E-state index in [1.807, 2.05) is 17.0 Å². The fraction of sp³-hybridized carbons (Fsp3) is 0.238. The zero-order chi connectivity index (χ0) is 18.8. The third-order valence-electron chi connectivity index (χ3n) is 5.03. The first-order chi connectivity index (χ1) is 13.2. The summed E-state index contributed by atoms with van der Waals surface area (Å²) in [5.41, 5.74) is 3.31. The second-order valence-electron chi connectivity index (χ2n) is 6.61. The van der Waals surface area contributed by atoms with Gasteiger partial charge in [-0.05, 0) is 48.7 Å². The Kier molecular flexibility index (Phi) is 4.62. The van der Waals surface area contributed by atoms with Gasteiger partial charge in [-0.15, -0.1) is 0 Å². The van der Waals surface area contributed by atoms with Crippen LogP contribution in [0.25, 0.3) is 11.1 Å². The predicted molar refractivity (Wildman–Crippen MR) is 100.0 cm³/mol. The highest BCUT2D eigenvalue weighted by Crippen LogP contribution is 2.35. The molecule has 1 amide bonds. The van der Waals surface area contributed by atoms with Gasteiger partial charge in [-0.1, -0.05) is 12.1 Å². The molecule has 3 aromatic rings. The third kappa shape index (κ3) is 3.30. The van der Waals surface area contributed by atoms with Crippen LogP contribution in [0.1, 0.15) is 34.8 Å². The molecule has 1 aromatic heterocycles. The van der Waals surface area contributed by atoms with E-state index in [1.165, 1.54) is 12.1 Å². The summed E-state index contributed by atoms with van der Waals surface area (Å²) < 4.78 is 18.7. The summed E-state index contributed by atoms with van der Waals surface area (Å²) in [5.74, 6) is 0.313. The lowest BCUT2D eigenvalue weighted by molar-refractivity contribution is 0.0735. The van der Waals surface area contributed by atoms with Crippen LogP contribution in [-0.2, 0) is 0 Å².